The van der Waals surface area contributed by atoms with Gasteiger partial charge in [0.15, 0.2) is 0 Å². The van der Waals surface area contributed by atoms with E-state index in [4.69, 9.17) is 4.74 Å². The SMILES string of the molecule is C=C(CNc1cccc2c1CCCC2)C(=O)OCC. The van der Waals surface area contributed by atoms with Crippen LogP contribution in [0.15, 0.2) is 30.4 Å². The van der Waals surface area contributed by atoms with Crippen molar-refractivity contribution >= 4 is 11.7 Å². The van der Waals surface area contributed by atoms with Crippen molar-refractivity contribution in [3.05, 3.63) is 41.5 Å². The van der Waals surface area contributed by atoms with Crippen LogP contribution in [-0.4, -0.2) is 19.1 Å². The molecule has 3 heteroatoms. The molecule has 0 atom stereocenters. The van der Waals surface area contributed by atoms with Crippen LogP contribution in [-0.2, 0) is 22.4 Å². The third kappa shape index (κ3) is 3.37. The zero-order valence-corrected chi connectivity index (χ0v) is 11.5. The summed E-state index contributed by atoms with van der Waals surface area (Å²) < 4.78 is 4.93. The number of aryl methyl sites for hydroxylation is 1. The number of carbonyl (C=O) groups is 1. The number of carbonyl (C=O) groups excluding carboxylic acids is 1. The molecule has 0 heterocycles. The first-order valence-electron chi connectivity index (χ1n) is 6.92. The number of esters is 1. The van der Waals surface area contributed by atoms with Crippen LogP contribution in [0.4, 0.5) is 5.69 Å². The highest BCUT2D eigenvalue weighted by Gasteiger charge is 2.13. The molecule has 0 spiro atoms. The molecular weight excluding hydrogens is 238 g/mol. The lowest BCUT2D eigenvalue weighted by molar-refractivity contribution is -0.138. The first kappa shape index (κ1) is 13.7. The minimum Gasteiger partial charge on any atom is -0.463 e. The van der Waals surface area contributed by atoms with E-state index < -0.39 is 0 Å². The average molecular weight is 259 g/mol. The van der Waals surface area contributed by atoms with Crippen LogP contribution in [0, 0.1) is 0 Å². The van der Waals surface area contributed by atoms with Gasteiger partial charge in [0, 0.05) is 17.8 Å². The fourth-order valence-corrected chi connectivity index (χ4v) is 2.45. The Hall–Kier alpha value is -1.77. The lowest BCUT2D eigenvalue weighted by atomic mass is 9.90. The normalized spacial score (nSPS) is 13.5. The minimum absolute atomic E-state index is 0.320. The molecule has 0 saturated heterocycles. The highest BCUT2D eigenvalue weighted by Crippen LogP contribution is 2.27. The van der Waals surface area contributed by atoms with Crippen LogP contribution in [0.1, 0.15) is 30.9 Å². The Balaban J connectivity index is 2.00. The van der Waals surface area contributed by atoms with Gasteiger partial charge in [0.1, 0.15) is 0 Å². The molecule has 102 valence electrons. The predicted octanol–water partition coefficient (Wildman–Crippen LogP) is 3.10. The molecule has 0 bridgehead atoms. The maximum Gasteiger partial charge on any atom is 0.335 e. The van der Waals surface area contributed by atoms with E-state index in [1.54, 1.807) is 6.92 Å². The predicted molar refractivity (Wildman–Crippen MR) is 77.3 cm³/mol. The molecule has 0 radical (unpaired) electrons. The standard InChI is InChI=1S/C16H21NO2/c1-3-19-16(18)12(2)11-17-15-10-6-8-13-7-4-5-9-14(13)15/h6,8,10,17H,2-5,7,9,11H2,1H3. The molecule has 1 aliphatic carbocycles. The van der Waals surface area contributed by atoms with E-state index in [0.29, 0.717) is 18.7 Å². The van der Waals surface area contributed by atoms with Crippen LogP contribution in [0.5, 0.6) is 0 Å². The van der Waals surface area contributed by atoms with E-state index in [-0.39, 0.29) is 5.97 Å². The Morgan fingerprint density at radius 1 is 1.37 bits per heavy atom. The Morgan fingerprint density at radius 3 is 2.95 bits per heavy atom. The van der Waals surface area contributed by atoms with E-state index >= 15 is 0 Å². The molecule has 0 unspecified atom stereocenters. The second-order valence-electron chi connectivity index (χ2n) is 4.83. The molecule has 0 fully saturated rings. The molecule has 1 aliphatic rings. The first-order valence-corrected chi connectivity index (χ1v) is 6.92. The smallest absolute Gasteiger partial charge is 0.335 e. The van der Waals surface area contributed by atoms with Crippen molar-refractivity contribution in [1.82, 2.24) is 0 Å². The fourth-order valence-electron chi connectivity index (χ4n) is 2.45. The molecule has 0 aromatic heterocycles. The highest BCUT2D eigenvalue weighted by molar-refractivity contribution is 5.88. The second-order valence-corrected chi connectivity index (χ2v) is 4.83. The number of anilines is 1. The van der Waals surface area contributed by atoms with E-state index in [2.05, 4.69) is 30.1 Å². The summed E-state index contributed by atoms with van der Waals surface area (Å²) in [4.78, 5) is 11.5. The van der Waals surface area contributed by atoms with Gasteiger partial charge in [-0.1, -0.05) is 18.7 Å². The molecule has 1 N–H and O–H groups in total. The summed E-state index contributed by atoms with van der Waals surface area (Å²) in [6, 6.07) is 6.34. The fraction of sp³-hybridized carbons (Fsp3) is 0.438. The molecule has 0 amide bonds. The van der Waals surface area contributed by atoms with Crippen molar-refractivity contribution in [3.8, 4) is 0 Å². The summed E-state index contributed by atoms with van der Waals surface area (Å²) in [5.41, 5.74) is 4.42. The summed E-state index contributed by atoms with van der Waals surface area (Å²) in [5.74, 6) is -0.320. The monoisotopic (exact) mass is 259 g/mol. The van der Waals surface area contributed by atoms with Crippen molar-refractivity contribution in [2.24, 2.45) is 0 Å². The summed E-state index contributed by atoms with van der Waals surface area (Å²) in [5, 5.41) is 3.31. The van der Waals surface area contributed by atoms with Crippen molar-refractivity contribution in [2.75, 3.05) is 18.5 Å². The van der Waals surface area contributed by atoms with Gasteiger partial charge in [0.25, 0.3) is 0 Å². The zero-order valence-electron chi connectivity index (χ0n) is 11.5. The number of ether oxygens (including phenoxy) is 1. The molecule has 1 aromatic rings. The topological polar surface area (TPSA) is 38.3 Å². The maximum absolute atomic E-state index is 11.5. The summed E-state index contributed by atoms with van der Waals surface area (Å²) in [6.07, 6.45) is 4.78. The number of nitrogens with one attached hydrogen (secondary N) is 1. The van der Waals surface area contributed by atoms with Crippen molar-refractivity contribution in [1.29, 1.82) is 0 Å². The lowest BCUT2D eigenvalue weighted by Crippen LogP contribution is -2.16. The van der Waals surface area contributed by atoms with Crippen LogP contribution in [0.2, 0.25) is 0 Å². The number of fused-ring (bicyclic) bond motifs is 1. The largest absolute Gasteiger partial charge is 0.463 e. The highest BCUT2D eigenvalue weighted by atomic mass is 16.5. The number of hydrogen-bond acceptors (Lipinski definition) is 3. The van der Waals surface area contributed by atoms with Gasteiger partial charge in [-0.2, -0.15) is 0 Å². The second kappa shape index (κ2) is 6.41. The van der Waals surface area contributed by atoms with Gasteiger partial charge in [-0.3, -0.25) is 0 Å². The van der Waals surface area contributed by atoms with Crippen molar-refractivity contribution < 1.29 is 9.53 Å². The van der Waals surface area contributed by atoms with Crippen molar-refractivity contribution in [2.45, 2.75) is 32.6 Å². The Kier molecular flexibility index (Phi) is 4.61. The molecule has 0 aliphatic heterocycles. The van der Waals surface area contributed by atoms with E-state index in [1.807, 2.05) is 0 Å². The van der Waals surface area contributed by atoms with Crippen LogP contribution in [0.3, 0.4) is 0 Å². The van der Waals surface area contributed by atoms with Gasteiger partial charge in [0.2, 0.25) is 0 Å². The van der Waals surface area contributed by atoms with Crippen LogP contribution < -0.4 is 5.32 Å². The summed E-state index contributed by atoms with van der Waals surface area (Å²) in [7, 11) is 0. The molecule has 2 rings (SSSR count). The average Bonchev–Trinajstić information content (AvgIpc) is 2.45. The number of rotatable bonds is 5. The number of benzene rings is 1. The Morgan fingerprint density at radius 2 is 2.16 bits per heavy atom. The van der Waals surface area contributed by atoms with Gasteiger partial charge in [-0.25, -0.2) is 4.79 Å². The zero-order chi connectivity index (χ0) is 13.7. The molecular formula is C16H21NO2. The number of hydrogen-bond donors (Lipinski definition) is 1. The molecule has 3 nitrogen and oxygen atoms in total. The van der Waals surface area contributed by atoms with Gasteiger partial charge in [0.05, 0.1) is 6.61 Å². The van der Waals surface area contributed by atoms with E-state index in [9.17, 15) is 4.79 Å². The third-order valence-electron chi connectivity index (χ3n) is 3.45. The van der Waals surface area contributed by atoms with Gasteiger partial charge < -0.3 is 10.1 Å². The van der Waals surface area contributed by atoms with Crippen LogP contribution in [0.25, 0.3) is 0 Å². The first-order chi connectivity index (χ1) is 9.22. The van der Waals surface area contributed by atoms with E-state index in [1.165, 1.54) is 24.0 Å². The summed E-state index contributed by atoms with van der Waals surface area (Å²) in [6.45, 7) is 6.39. The molecule has 19 heavy (non-hydrogen) atoms. The van der Waals surface area contributed by atoms with Crippen molar-refractivity contribution in [3.63, 3.8) is 0 Å². The molecule has 0 saturated carbocycles. The van der Waals surface area contributed by atoms with E-state index in [0.717, 1.165) is 18.5 Å². The van der Waals surface area contributed by atoms with Crippen LogP contribution >= 0.6 is 0 Å². The minimum atomic E-state index is -0.320. The maximum atomic E-state index is 11.5. The molecule has 1 aromatic carbocycles. The Labute approximate surface area is 114 Å². The Bertz CT molecular complexity index is 480. The van der Waals surface area contributed by atoms with Gasteiger partial charge in [-0.05, 0) is 49.8 Å². The van der Waals surface area contributed by atoms with Gasteiger partial charge >= 0.3 is 5.97 Å². The van der Waals surface area contributed by atoms with Gasteiger partial charge in [-0.15, -0.1) is 0 Å². The third-order valence-corrected chi connectivity index (χ3v) is 3.45. The quantitative estimate of drug-likeness (QED) is 0.652. The summed E-state index contributed by atoms with van der Waals surface area (Å²) >= 11 is 0. The lowest BCUT2D eigenvalue weighted by Gasteiger charge is -2.20.